The highest BCUT2D eigenvalue weighted by Gasteiger charge is 2.32. The molecule has 0 unspecified atom stereocenters. The summed E-state index contributed by atoms with van der Waals surface area (Å²) in [5, 5.41) is 5.41. The van der Waals surface area contributed by atoms with Crippen LogP contribution in [0.5, 0.6) is 11.5 Å². The number of anilines is 1. The predicted molar refractivity (Wildman–Crippen MR) is 118 cm³/mol. The molecule has 0 radical (unpaired) electrons. The third kappa shape index (κ3) is 3.70. The highest BCUT2D eigenvalue weighted by Crippen LogP contribution is 2.35. The number of para-hydroxylation sites is 1. The van der Waals surface area contributed by atoms with E-state index in [1.165, 1.54) is 6.33 Å². The van der Waals surface area contributed by atoms with E-state index in [0.717, 1.165) is 17.9 Å². The molecule has 1 saturated heterocycles. The van der Waals surface area contributed by atoms with Crippen LogP contribution in [-0.4, -0.2) is 51.0 Å². The maximum Gasteiger partial charge on any atom is 0.164 e. The Morgan fingerprint density at radius 2 is 1.77 bits per heavy atom. The van der Waals surface area contributed by atoms with Crippen molar-refractivity contribution >= 4 is 16.9 Å². The summed E-state index contributed by atoms with van der Waals surface area (Å²) >= 11 is 0. The summed E-state index contributed by atoms with van der Waals surface area (Å²) in [4.78, 5) is 10.5. The molecule has 4 aromatic rings. The van der Waals surface area contributed by atoms with E-state index in [9.17, 15) is 4.39 Å². The van der Waals surface area contributed by atoms with Crippen molar-refractivity contribution in [2.24, 2.45) is 0 Å². The van der Waals surface area contributed by atoms with Crippen LogP contribution >= 0.6 is 0 Å². The summed E-state index contributed by atoms with van der Waals surface area (Å²) in [6, 6.07) is 16.8. The Kier molecular flexibility index (Phi) is 4.99. The van der Waals surface area contributed by atoms with Gasteiger partial charge in [-0.3, -0.25) is 0 Å². The average Bonchev–Trinajstić information content (AvgIpc) is 3.16. The summed E-state index contributed by atoms with van der Waals surface area (Å²) in [7, 11) is 1.93. The Hall–Kier alpha value is -3.52. The van der Waals surface area contributed by atoms with Gasteiger partial charge in [-0.05, 0) is 49.9 Å². The molecule has 0 aliphatic carbocycles. The second-order valence-electron chi connectivity index (χ2n) is 7.82. The monoisotopic (exact) mass is 418 g/mol. The van der Waals surface area contributed by atoms with Crippen molar-refractivity contribution in [3.05, 3.63) is 60.9 Å². The first kappa shape index (κ1) is 19.4. The molecule has 0 amide bonds. The van der Waals surface area contributed by atoms with Crippen molar-refractivity contribution in [3.63, 3.8) is 0 Å². The van der Waals surface area contributed by atoms with E-state index >= 15 is 0 Å². The maximum absolute atomic E-state index is 14.9. The lowest BCUT2D eigenvalue weighted by molar-refractivity contribution is 0.103. The van der Waals surface area contributed by atoms with Gasteiger partial charge >= 0.3 is 0 Å². The van der Waals surface area contributed by atoms with Crippen LogP contribution in [0, 0.1) is 0 Å². The summed E-state index contributed by atoms with van der Waals surface area (Å²) in [6.45, 7) is 1.17. The molecule has 1 aliphatic heterocycles. The molecule has 0 saturated carbocycles. The van der Waals surface area contributed by atoms with E-state index < -0.39 is 6.17 Å². The van der Waals surface area contributed by atoms with Gasteiger partial charge in [-0.1, -0.05) is 18.2 Å². The number of ether oxygens (including phenoxy) is 1. The Morgan fingerprint density at radius 1 is 1.03 bits per heavy atom. The zero-order valence-electron chi connectivity index (χ0n) is 17.1. The van der Waals surface area contributed by atoms with Gasteiger partial charge in [0, 0.05) is 18.7 Å². The summed E-state index contributed by atoms with van der Waals surface area (Å²) < 4.78 is 22.5. The average molecular weight is 418 g/mol. The van der Waals surface area contributed by atoms with E-state index in [4.69, 9.17) is 15.6 Å². The molecule has 7 nitrogen and oxygen atoms in total. The van der Waals surface area contributed by atoms with Crippen LogP contribution in [0.25, 0.3) is 22.3 Å². The fourth-order valence-corrected chi connectivity index (χ4v) is 4.05. The highest BCUT2D eigenvalue weighted by molar-refractivity contribution is 5.98. The molecule has 0 bridgehead atoms. The molecule has 3 heterocycles. The molecular weight excluding hydrogens is 395 g/mol. The molecule has 0 spiro atoms. The minimum Gasteiger partial charge on any atom is -0.457 e. The van der Waals surface area contributed by atoms with Gasteiger partial charge in [0.15, 0.2) is 5.65 Å². The molecule has 2 N–H and O–H groups in total. The fourth-order valence-electron chi connectivity index (χ4n) is 4.05. The van der Waals surface area contributed by atoms with Crippen molar-refractivity contribution < 1.29 is 9.13 Å². The maximum atomic E-state index is 14.9. The zero-order chi connectivity index (χ0) is 21.4. The zero-order valence-corrected chi connectivity index (χ0v) is 17.1. The van der Waals surface area contributed by atoms with Gasteiger partial charge in [0.2, 0.25) is 0 Å². The number of piperidine rings is 1. The first-order valence-corrected chi connectivity index (χ1v) is 10.2. The largest absolute Gasteiger partial charge is 0.457 e. The van der Waals surface area contributed by atoms with Crippen molar-refractivity contribution in [3.8, 4) is 22.8 Å². The van der Waals surface area contributed by atoms with E-state index in [0.29, 0.717) is 41.3 Å². The first-order valence-electron chi connectivity index (χ1n) is 10.2. The predicted octanol–water partition coefficient (Wildman–Crippen LogP) is 4.08. The number of fused-ring (bicyclic) bond motifs is 1. The molecule has 2 atom stereocenters. The number of nitrogen functional groups attached to an aromatic ring is 1. The van der Waals surface area contributed by atoms with E-state index in [1.54, 1.807) is 4.68 Å². The lowest BCUT2D eigenvalue weighted by Crippen LogP contribution is -2.40. The van der Waals surface area contributed by atoms with Crippen molar-refractivity contribution in [2.75, 3.05) is 25.9 Å². The number of aromatic nitrogens is 4. The van der Waals surface area contributed by atoms with Gasteiger partial charge in [0.25, 0.3) is 0 Å². The number of halogens is 1. The third-order valence-electron chi connectivity index (χ3n) is 5.65. The highest BCUT2D eigenvalue weighted by atomic mass is 19.1. The van der Waals surface area contributed by atoms with E-state index in [1.807, 2.05) is 66.5 Å². The minimum absolute atomic E-state index is 0.333. The second kappa shape index (κ2) is 7.96. The lowest BCUT2D eigenvalue weighted by Gasteiger charge is -2.32. The van der Waals surface area contributed by atoms with Gasteiger partial charge in [0.1, 0.15) is 35.5 Å². The van der Waals surface area contributed by atoms with Crippen molar-refractivity contribution in [2.45, 2.75) is 18.6 Å². The number of benzene rings is 2. The van der Waals surface area contributed by atoms with Crippen LogP contribution in [0.3, 0.4) is 0 Å². The number of alkyl halides is 1. The first-order chi connectivity index (χ1) is 15.1. The number of hydrogen-bond acceptors (Lipinski definition) is 6. The van der Waals surface area contributed by atoms with Crippen LogP contribution in [0.15, 0.2) is 60.9 Å². The van der Waals surface area contributed by atoms with Crippen LogP contribution in [0.2, 0.25) is 0 Å². The standard InChI is InChI=1S/C23H23FN6O/c1-29-12-11-19(18(24)13-29)30-23-20(22(25)26-14-27-23)21(28-30)15-7-9-17(10-8-15)31-16-5-3-2-4-6-16/h2-10,14,18-19H,11-13H2,1H3,(H2,25,26,27)/t18-,19+/m0/s1. The molecule has 5 rings (SSSR count). The Morgan fingerprint density at radius 3 is 2.52 bits per heavy atom. The molecule has 2 aromatic carbocycles. The van der Waals surface area contributed by atoms with Gasteiger partial charge in [-0.15, -0.1) is 0 Å². The molecular formula is C23H23FN6O. The number of rotatable bonds is 4. The molecule has 1 fully saturated rings. The SMILES string of the molecule is CN1CC[C@@H](n2nc(-c3ccc(Oc4ccccc4)cc3)c3c(N)ncnc32)[C@@H](F)C1. The smallest absolute Gasteiger partial charge is 0.164 e. The summed E-state index contributed by atoms with van der Waals surface area (Å²) in [5.41, 5.74) is 8.24. The Balaban J connectivity index is 1.53. The number of likely N-dealkylation sites (tertiary alicyclic amines) is 1. The van der Waals surface area contributed by atoms with Crippen LogP contribution in [-0.2, 0) is 0 Å². The molecule has 31 heavy (non-hydrogen) atoms. The Bertz CT molecular complexity index is 1190. The van der Waals surface area contributed by atoms with Crippen LogP contribution in [0.1, 0.15) is 12.5 Å². The van der Waals surface area contributed by atoms with Gasteiger partial charge in [-0.2, -0.15) is 5.10 Å². The second-order valence-corrected chi connectivity index (χ2v) is 7.82. The van der Waals surface area contributed by atoms with Gasteiger partial charge < -0.3 is 15.4 Å². The minimum atomic E-state index is -1.03. The molecule has 8 heteroatoms. The van der Waals surface area contributed by atoms with Gasteiger partial charge in [-0.25, -0.2) is 19.0 Å². The Labute approximate surface area is 179 Å². The fraction of sp³-hybridized carbons (Fsp3) is 0.261. The van der Waals surface area contributed by atoms with E-state index in [-0.39, 0.29) is 6.04 Å². The number of nitrogens with two attached hydrogens (primary N) is 1. The summed E-state index contributed by atoms with van der Waals surface area (Å²) in [6.07, 6.45) is 1.02. The topological polar surface area (TPSA) is 82.1 Å². The lowest BCUT2D eigenvalue weighted by atomic mass is 10.0. The molecule has 2 aromatic heterocycles. The van der Waals surface area contributed by atoms with E-state index in [2.05, 4.69) is 9.97 Å². The number of nitrogens with zero attached hydrogens (tertiary/aromatic N) is 5. The van der Waals surface area contributed by atoms with Crippen LogP contribution in [0.4, 0.5) is 10.2 Å². The normalized spacial score (nSPS) is 19.5. The summed E-state index contributed by atoms with van der Waals surface area (Å²) in [5.74, 6) is 1.81. The third-order valence-corrected chi connectivity index (χ3v) is 5.65. The van der Waals surface area contributed by atoms with Crippen molar-refractivity contribution in [1.82, 2.24) is 24.6 Å². The molecule has 158 valence electrons. The number of hydrogen-bond donors (Lipinski definition) is 1. The van der Waals surface area contributed by atoms with Crippen LogP contribution < -0.4 is 10.5 Å². The molecule has 1 aliphatic rings. The quantitative estimate of drug-likeness (QED) is 0.538. The van der Waals surface area contributed by atoms with Crippen molar-refractivity contribution in [1.29, 1.82) is 0 Å². The van der Waals surface area contributed by atoms with Gasteiger partial charge in [0.05, 0.1) is 11.4 Å².